The van der Waals surface area contributed by atoms with Gasteiger partial charge >= 0.3 is 12.1 Å². The number of piperidine rings is 1. The lowest BCUT2D eigenvalue weighted by Gasteiger charge is -2.38. The van der Waals surface area contributed by atoms with Gasteiger partial charge in [0.2, 0.25) is 0 Å². The van der Waals surface area contributed by atoms with Crippen LogP contribution in [-0.4, -0.2) is 40.8 Å². The summed E-state index contributed by atoms with van der Waals surface area (Å²) in [5, 5.41) is 10.5. The summed E-state index contributed by atoms with van der Waals surface area (Å²) in [6.07, 6.45) is -0.0878. The average Bonchev–Trinajstić information content (AvgIpc) is 2.48. The van der Waals surface area contributed by atoms with E-state index >= 15 is 0 Å². The lowest BCUT2D eigenvalue weighted by atomic mass is 9.79. The second kappa shape index (κ2) is 7.42. The largest absolute Gasteiger partial charge is 0.481 e. The first-order valence-corrected chi connectivity index (χ1v) is 8.91. The summed E-state index contributed by atoms with van der Waals surface area (Å²) in [5.41, 5.74) is 0.942. The number of carbonyl (C=O) groups is 2. The molecule has 0 radical (unpaired) electrons. The predicted octanol–water partition coefficient (Wildman–Crippen LogP) is 4.73. The first-order chi connectivity index (χ1) is 11.5. The van der Waals surface area contributed by atoms with Crippen LogP contribution in [0.5, 0.6) is 0 Å². The maximum Gasteiger partial charge on any atom is 0.410 e. The molecule has 0 saturated carbocycles. The van der Waals surface area contributed by atoms with Crippen LogP contribution in [-0.2, 0) is 9.53 Å². The van der Waals surface area contributed by atoms with Gasteiger partial charge in [0.05, 0.1) is 5.92 Å². The van der Waals surface area contributed by atoms with E-state index in [0.717, 1.165) is 11.1 Å². The van der Waals surface area contributed by atoms with E-state index in [1.165, 1.54) is 0 Å². The SMILES string of the molecule is Cc1c(Cl)cc(Cl)cc1[C@@H]1CN(C(=O)OC(C)(C)C)CC[C@H]1C(=O)O. The molecule has 0 spiro atoms. The number of aliphatic carboxylic acids is 1. The molecular formula is C18H23Cl2NO4. The summed E-state index contributed by atoms with van der Waals surface area (Å²) < 4.78 is 5.42. The topological polar surface area (TPSA) is 66.8 Å². The zero-order valence-electron chi connectivity index (χ0n) is 14.8. The van der Waals surface area contributed by atoms with Gasteiger partial charge in [-0.15, -0.1) is 0 Å². The Hall–Kier alpha value is -1.46. The highest BCUT2D eigenvalue weighted by Gasteiger charge is 2.38. The highest BCUT2D eigenvalue weighted by molar-refractivity contribution is 6.35. The fraction of sp³-hybridized carbons (Fsp3) is 0.556. The van der Waals surface area contributed by atoms with Gasteiger partial charge in [0.25, 0.3) is 0 Å². The molecule has 0 aromatic heterocycles. The summed E-state index contributed by atoms with van der Waals surface area (Å²) in [7, 11) is 0. The Labute approximate surface area is 157 Å². The number of likely N-dealkylation sites (tertiary alicyclic amines) is 1. The third kappa shape index (κ3) is 4.79. The van der Waals surface area contributed by atoms with Crippen molar-refractivity contribution in [2.75, 3.05) is 13.1 Å². The fourth-order valence-corrected chi connectivity index (χ4v) is 3.62. The number of carbonyl (C=O) groups excluding carboxylic acids is 1. The number of amides is 1. The quantitative estimate of drug-likeness (QED) is 0.796. The Kier molecular flexibility index (Phi) is 5.89. The van der Waals surface area contributed by atoms with Gasteiger partial charge in [0.15, 0.2) is 0 Å². The Morgan fingerprint density at radius 3 is 2.48 bits per heavy atom. The van der Waals surface area contributed by atoms with Crippen molar-refractivity contribution >= 4 is 35.3 Å². The molecule has 138 valence electrons. The molecule has 5 nitrogen and oxygen atoms in total. The standard InChI is InChI=1S/C18H23Cl2NO4/c1-10-13(7-11(19)8-15(10)20)14-9-21(6-5-12(14)16(22)23)17(24)25-18(2,3)4/h7-8,12,14H,5-6,9H2,1-4H3,(H,22,23)/t12-,14-/m1/s1. The summed E-state index contributed by atoms with van der Waals surface area (Å²) in [4.78, 5) is 25.7. The van der Waals surface area contributed by atoms with Gasteiger partial charge in [-0.1, -0.05) is 23.2 Å². The molecule has 0 bridgehead atoms. The number of hydrogen-bond donors (Lipinski definition) is 1. The summed E-state index contributed by atoms with van der Waals surface area (Å²) >= 11 is 12.3. The molecule has 1 aromatic carbocycles. The molecule has 7 heteroatoms. The van der Waals surface area contributed by atoms with E-state index in [1.807, 2.05) is 6.92 Å². The van der Waals surface area contributed by atoms with Crippen molar-refractivity contribution in [3.8, 4) is 0 Å². The van der Waals surface area contributed by atoms with Crippen LogP contribution in [0.2, 0.25) is 10.0 Å². The zero-order chi connectivity index (χ0) is 18.9. The highest BCUT2D eigenvalue weighted by atomic mass is 35.5. The van der Waals surface area contributed by atoms with Crippen LogP contribution in [0.4, 0.5) is 4.79 Å². The van der Waals surface area contributed by atoms with E-state index in [9.17, 15) is 14.7 Å². The van der Waals surface area contributed by atoms with Crippen molar-refractivity contribution in [3.05, 3.63) is 33.3 Å². The molecule has 1 heterocycles. The highest BCUT2D eigenvalue weighted by Crippen LogP contribution is 2.38. The van der Waals surface area contributed by atoms with E-state index in [-0.39, 0.29) is 6.54 Å². The van der Waals surface area contributed by atoms with E-state index in [0.29, 0.717) is 23.0 Å². The third-order valence-corrected chi connectivity index (χ3v) is 4.94. The number of benzene rings is 1. The number of hydrogen-bond acceptors (Lipinski definition) is 3. The van der Waals surface area contributed by atoms with Crippen molar-refractivity contribution in [1.82, 2.24) is 4.90 Å². The molecule has 0 unspecified atom stereocenters. The predicted molar refractivity (Wildman–Crippen MR) is 97.5 cm³/mol. The maximum absolute atomic E-state index is 12.4. The second-order valence-electron chi connectivity index (χ2n) is 7.37. The lowest BCUT2D eigenvalue weighted by Crippen LogP contribution is -2.46. The fourth-order valence-electron chi connectivity index (χ4n) is 3.11. The van der Waals surface area contributed by atoms with Gasteiger partial charge < -0.3 is 14.7 Å². The van der Waals surface area contributed by atoms with Crippen LogP contribution in [0.1, 0.15) is 44.2 Å². The van der Waals surface area contributed by atoms with E-state index in [4.69, 9.17) is 27.9 Å². The van der Waals surface area contributed by atoms with Gasteiger partial charge in [-0.2, -0.15) is 0 Å². The zero-order valence-corrected chi connectivity index (χ0v) is 16.3. The molecule has 1 N–H and O–H groups in total. The van der Waals surface area contributed by atoms with Gasteiger partial charge in [-0.25, -0.2) is 4.79 Å². The van der Waals surface area contributed by atoms with E-state index in [2.05, 4.69) is 0 Å². The Morgan fingerprint density at radius 2 is 1.92 bits per heavy atom. The minimum absolute atomic E-state index is 0.253. The van der Waals surface area contributed by atoms with Crippen LogP contribution in [0.25, 0.3) is 0 Å². The first-order valence-electron chi connectivity index (χ1n) is 8.16. The van der Waals surface area contributed by atoms with Gasteiger partial charge in [0, 0.05) is 29.1 Å². The van der Waals surface area contributed by atoms with Gasteiger partial charge in [-0.05, 0) is 57.4 Å². The molecule has 1 fully saturated rings. The number of halogens is 2. The van der Waals surface area contributed by atoms with Gasteiger partial charge in [0.1, 0.15) is 5.60 Å². The van der Waals surface area contributed by atoms with Crippen molar-refractivity contribution < 1.29 is 19.4 Å². The molecule has 0 aliphatic carbocycles. The van der Waals surface area contributed by atoms with Crippen LogP contribution < -0.4 is 0 Å². The normalized spacial score (nSPS) is 21.1. The Morgan fingerprint density at radius 1 is 1.28 bits per heavy atom. The van der Waals surface area contributed by atoms with Crippen LogP contribution in [0.3, 0.4) is 0 Å². The summed E-state index contributed by atoms with van der Waals surface area (Å²) in [5.74, 6) is -1.88. The second-order valence-corrected chi connectivity index (χ2v) is 8.21. The first kappa shape index (κ1) is 19.9. The minimum Gasteiger partial charge on any atom is -0.481 e. The van der Waals surface area contributed by atoms with Crippen molar-refractivity contribution in [3.63, 3.8) is 0 Å². The third-order valence-electron chi connectivity index (χ3n) is 4.33. The molecule has 1 aliphatic heterocycles. The maximum atomic E-state index is 12.4. The Bertz CT molecular complexity index is 684. The molecule has 25 heavy (non-hydrogen) atoms. The summed E-state index contributed by atoms with van der Waals surface area (Å²) in [6.45, 7) is 7.83. The van der Waals surface area contributed by atoms with Crippen molar-refractivity contribution in [2.24, 2.45) is 5.92 Å². The molecular weight excluding hydrogens is 365 g/mol. The van der Waals surface area contributed by atoms with Crippen LogP contribution >= 0.6 is 23.2 Å². The van der Waals surface area contributed by atoms with Crippen molar-refractivity contribution in [2.45, 2.75) is 45.6 Å². The van der Waals surface area contributed by atoms with Crippen LogP contribution in [0, 0.1) is 12.8 Å². The molecule has 1 aromatic rings. The number of rotatable bonds is 2. The van der Waals surface area contributed by atoms with Crippen molar-refractivity contribution in [1.29, 1.82) is 0 Å². The lowest BCUT2D eigenvalue weighted by molar-refractivity contribution is -0.144. The molecule has 2 rings (SSSR count). The monoisotopic (exact) mass is 387 g/mol. The minimum atomic E-state index is -0.885. The summed E-state index contributed by atoms with van der Waals surface area (Å²) in [6, 6.07) is 3.37. The number of carboxylic acid groups (broad SMARTS) is 1. The van der Waals surface area contributed by atoms with Crippen LogP contribution in [0.15, 0.2) is 12.1 Å². The number of ether oxygens (including phenoxy) is 1. The van der Waals surface area contributed by atoms with E-state index < -0.39 is 29.5 Å². The average molecular weight is 388 g/mol. The van der Waals surface area contributed by atoms with E-state index in [1.54, 1.807) is 37.8 Å². The molecule has 1 saturated heterocycles. The molecule has 1 amide bonds. The molecule has 2 atom stereocenters. The van der Waals surface area contributed by atoms with Gasteiger partial charge in [-0.3, -0.25) is 4.79 Å². The molecule has 1 aliphatic rings. The smallest absolute Gasteiger partial charge is 0.410 e. The number of nitrogens with zero attached hydrogens (tertiary/aromatic N) is 1. The Balaban J connectivity index is 2.34. The number of carboxylic acids is 1.